The van der Waals surface area contributed by atoms with Crippen molar-refractivity contribution in [2.75, 3.05) is 6.54 Å². The second kappa shape index (κ2) is 5.78. The fourth-order valence-corrected chi connectivity index (χ4v) is 4.91. The summed E-state index contributed by atoms with van der Waals surface area (Å²) in [7, 11) is 0. The molecule has 0 spiro atoms. The minimum absolute atomic E-state index is 0.682. The SMILES string of the molecule is Brc1ccsc1CNCC1Cc2ccccc2S1. The second-order valence-corrected chi connectivity index (χ2v) is 7.57. The van der Waals surface area contributed by atoms with Crippen LogP contribution in [0.4, 0.5) is 0 Å². The smallest absolute Gasteiger partial charge is 0.0327 e. The summed E-state index contributed by atoms with van der Waals surface area (Å²) in [5.74, 6) is 0. The van der Waals surface area contributed by atoms with Gasteiger partial charge in [-0.15, -0.1) is 23.1 Å². The van der Waals surface area contributed by atoms with Crippen molar-refractivity contribution in [2.24, 2.45) is 0 Å². The molecule has 0 bridgehead atoms. The van der Waals surface area contributed by atoms with Crippen LogP contribution in [0.25, 0.3) is 0 Å². The van der Waals surface area contributed by atoms with Crippen molar-refractivity contribution < 1.29 is 0 Å². The topological polar surface area (TPSA) is 12.0 Å². The Hall–Kier alpha value is -0.290. The molecule has 1 nitrogen and oxygen atoms in total. The van der Waals surface area contributed by atoms with E-state index in [-0.39, 0.29) is 0 Å². The normalized spacial score (nSPS) is 17.9. The molecule has 3 rings (SSSR count). The number of hydrogen-bond acceptors (Lipinski definition) is 3. The van der Waals surface area contributed by atoms with E-state index in [4.69, 9.17) is 0 Å². The Labute approximate surface area is 124 Å². The molecule has 1 aliphatic heterocycles. The molecule has 94 valence electrons. The number of nitrogens with one attached hydrogen (secondary N) is 1. The minimum Gasteiger partial charge on any atom is -0.311 e. The van der Waals surface area contributed by atoms with Crippen molar-refractivity contribution in [1.29, 1.82) is 0 Å². The third-order valence-corrected chi connectivity index (χ3v) is 6.31. The molecule has 0 amide bonds. The maximum Gasteiger partial charge on any atom is 0.0327 e. The highest BCUT2D eigenvalue weighted by Gasteiger charge is 2.21. The summed E-state index contributed by atoms with van der Waals surface area (Å²) >= 11 is 7.38. The van der Waals surface area contributed by atoms with Crippen molar-refractivity contribution >= 4 is 39.0 Å². The number of thioether (sulfide) groups is 1. The lowest BCUT2D eigenvalue weighted by Gasteiger charge is -2.09. The summed E-state index contributed by atoms with van der Waals surface area (Å²) in [4.78, 5) is 2.84. The van der Waals surface area contributed by atoms with Gasteiger partial charge >= 0.3 is 0 Å². The van der Waals surface area contributed by atoms with E-state index >= 15 is 0 Å². The number of fused-ring (bicyclic) bond motifs is 1. The predicted octanol–water partition coefficient (Wildman–Crippen LogP) is 4.32. The molecule has 1 aliphatic rings. The first-order valence-electron chi connectivity index (χ1n) is 6.00. The van der Waals surface area contributed by atoms with Gasteiger partial charge in [-0.2, -0.15) is 0 Å². The summed E-state index contributed by atoms with van der Waals surface area (Å²) in [6.45, 7) is 2.04. The van der Waals surface area contributed by atoms with E-state index < -0.39 is 0 Å². The Morgan fingerprint density at radius 2 is 2.17 bits per heavy atom. The quantitative estimate of drug-likeness (QED) is 0.890. The highest BCUT2D eigenvalue weighted by molar-refractivity contribution is 9.10. The zero-order chi connectivity index (χ0) is 12.4. The van der Waals surface area contributed by atoms with E-state index in [1.54, 1.807) is 11.3 Å². The van der Waals surface area contributed by atoms with E-state index in [2.05, 4.69) is 57.0 Å². The third kappa shape index (κ3) is 2.82. The van der Waals surface area contributed by atoms with Crippen LogP contribution in [0.2, 0.25) is 0 Å². The summed E-state index contributed by atoms with van der Waals surface area (Å²) < 4.78 is 1.22. The highest BCUT2D eigenvalue weighted by Crippen LogP contribution is 2.36. The van der Waals surface area contributed by atoms with Crippen LogP contribution >= 0.6 is 39.0 Å². The largest absolute Gasteiger partial charge is 0.311 e. The fourth-order valence-electron chi connectivity index (χ4n) is 2.17. The number of thiophene rings is 1. The Bertz CT molecular complexity index is 513. The molecule has 0 saturated heterocycles. The van der Waals surface area contributed by atoms with E-state index in [9.17, 15) is 0 Å². The zero-order valence-electron chi connectivity index (χ0n) is 9.86. The number of halogens is 1. The van der Waals surface area contributed by atoms with Crippen LogP contribution in [0.3, 0.4) is 0 Å². The molecule has 1 atom stereocenters. The van der Waals surface area contributed by atoms with Gasteiger partial charge in [0.25, 0.3) is 0 Å². The van der Waals surface area contributed by atoms with Gasteiger partial charge in [0, 0.05) is 32.6 Å². The third-order valence-electron chi connectivity index (χ3n) is 3.06. The van der Waals surface area contributed by atoms with Gasteiger partial charge < -0.3 is 5.32 Å². The Balaban J connectivity index is 1.50. The Morgan fingerprint density at radius 1 is 1.28 bits per heavy atom. The van der Waals surface area contributed by atoms with Crippen LogP contribution < -0.4 is 5.32 Å². The van der Waals surface area contributed by atoms with Crippen LogP contribution in [0.5, 0.6) is 0 Å². The molecule has 1 N–H and O–H groups in total. The molecular formula is C14H14BrNS2. The van der Waals surface area contributed by atoms with Crippen molar-refractivity contribution in [3.8, 4) is 0 Å². The summed E-state index contributed by atoms with van der Waals surface area (Å²) in [6, 6.07) is 10.9. The summed E-state index contributed by atoms with van der Waals surface area (Å²) in [6.07, 6.45) is 1.19. The molecule has 2 heterocycles. The molecule has 1 unspecified atom stereocenters. The highest BCUT2D eigenvalue weighted by atomic mass is 79.9. The van der Waals surface area contributed by atoms with Gasteiger partial charge in [0.2, 0.25) is 0 Å². The van der Waals surface area contributed by atoms with E-state index in [0.717, 1.165) is 13.1 Å². The lowest BCUT2D eigenvalue weighted by atomic mass is 10.1. The van der Waals surface area contributed by atoms with Crippen LogP contribution in [0.15, 0.2) is 45.1 Å². The maximum atomic E-state index is 3.57. The van der Waals surface area contributed by atoms with Crippen molar-refractivity contribution in [2.45, 2.75) is 23.1 Å². The summed E-state index contributed by atoms with van der Waals surface area (Å²) in [5, 5.41) is 6.37. The molecule has 0 fully saturated rings. The lowest BCUT2D eigenvalue weighted by Crippen LogP contribution is -2.23. The average molecular weight is 340 g/mol. The Kier molecular flexibility index (Phi) is 4.09. The van der Waals surface area contributed by atoms with Crippen molar-refractivity contribution in [3.05, 3.63) is 50.6 Å². The van der Waals surface area contributed by atoms with Gasteiger partial charge in [0.1, 0.15) is 0 Å². The first-order chi connectivity index (χ1) is 8.83. The molecule has 1 aromatic carbocycles. The molecule has 0 radical (unpaired) electrons. The van der Waals surface area contributed by atoms with Gasteiger partial charge in [-0.1, -0.05) is 18.2 Å². The molecule has 18 heavy (non-hydrogen) atoms. The van der Waals surface area contributed by atoms with Crippen molar-refractivity contribution in [3.63, 3.8) is 0 Å². The van der Waals surface area contributed by atoms with Crippen LogP contribution in [0.1, 0.15) is 10.4 Å². The molecule has 1 aromatic heterocycles. The Morgan fingerprint density at radius 3 is 2.94 bits per heavy atom. The maximum absolute atomic E-state index is 3.57. The van der Waals surface area contributed by atoms with E-state index in [0.29, 0.717) is 5.25 Å². The van der Waals surface area contributed by atoms with Gasteiger partial charge in [0.15, 0.2) is 0 Å². The van der Waals surface area contributed by atoms with Gasteiger partial charge in [0.05, 0.1) is 0 Å². The average Bonchev–Trinajstić information content (AvgIpc) is 2.96. The van der Waals surface area contributed by atoms with Crippen molar-refractivity contribution in [1.82, 2.24) is 5.32 Å². The molecule has 0 saturated carbocycles. The summed E-state index contributed by atoms with van der Waals surface area (Å²) in [5.41, 5.74) is 1.51. The minimum atomic E-state index is 0.682. The van der Waals surface area contributed by atoms with Crippen LogP contribution in [-0.2, 0) is 13.0 Å². The number of hydrogen-bond donors (Lipinski definition) is 1. The number of benzene rings is 1. The standard InChI is InChI=1S/C14H14BrNS2/c15-12-5-6-17-14(12)9-16-8-11-7-10-3-1-2-4-13(10)18-11/h1-6,11,16H,7-9H2. The van der Waals surface area contributed by atoms with E-state index in [1.807, 2.05) is 11.8 Å². The molecule has 4 heteroatoms. The molecule has 0 aliphatic carbocycles. The van der Waals surface area contributed by atoms with Gasteiger partial charge in [-0.25, -0.2) is 0 Å². The zero-order valence-corrected chi connectivity index (χ0v) is 13.1. The first kappa shape index (κ1) is 12.7. The number of rotatable bonds is 4. The van der Waals surface area contributed by atoms with E-state index in [1.165, 1.54) is 26.2 Å². The first-order valence-corrected chi connectivity index (χ1v) is 8.55. The van der Waals surface area contributed by atoms with Gasteiger partial charge in [-0.05, 0) is 45.4 Å². The van der Waals surface area contributed by atoms with Crippen LogP contribution in [0, 0.1) is 0 Å². The molecule has 2 aromatic rings. The monoisotopic (exact) mass is 339 g/mol. The fraction of sp³-hybridized carbons (Fsp3) is 0.286. The molecular weight excluding hydrogens is 326 g/mol. The van der Waals surface area contributed by atoms with Gasteiger partial charge in [-0.3, -0.25) is 0 Å². The predicted molar refractivity (Wildman–Crippen MR) is 83.5 cm³/mol. The lowest BCUT2D eigenvalue weighted by molar-refractivity contribution is 0.669. The second-order valence-electron chi connectivity index (χ2n) is 4.37. The van der Waals surface area contributed by atoms with Crippen LogP contribution in [-0.4, -0.2) is 11.8 Å².